The third-order valence-electron chi connectivity index (χ3n) is 2.22. The quantitative estimate of drug-likeness (QED) is 0.738. The fraction of sp³-hybridized carbons (Fsp3) is 0.385. The van der Waals surface area contributed by atoms with Gasteiger partial charge in [0, 0.05) is 24.5 Å². The van der Waals surface area contributed by atoms with Gasteiger partial charge in [0.25, 0.3) is 0 Å². The number of benzene rings is 1. The average molecular weight is 268 g/mol. The summed E-state index contributed by atoms with van der Waals surface area (Å²) in [6.07, 6.45) is 1.58. The first kappa shape index (κ1) is 14.9. The van der Waals surface area contributed by atoms with Crippen LogP contribution in [0.1, 0.15) is 19.4 Å². The molecule has 0 aliphatic carbocycles. The number of hydrogen-bond acceptors (Lipinski definition) is 3. The molecule has 2 N–H and O–H groups in total. The average Bonchev–Trinajstić information content (AvgIpc) is 2.34. The largest absolute Gasteiger partial charge is 0.313 e. The molecule has 1 aromatic rings. The van der Waals surface area contributed by atoms with Gasteiger partial charge in [-0.15, -0.1) is 0 Å². The zero-order chi connectivity index (χ0) is 13.4. The zero-order valence-electron chi connectivity index (χ0n) is 10.8. The predicted octanol–water partition coefficient (Wildman–Crippen LogP) is 1.57. The second kappa shape index (κ2) is 7.31. The first-order chi connectivity index (χ1) is 8.49. The molecule has 0 aromatic heterocycles. The summed E-state index contributed by atoms with van der Waals surface area (Å²) in [4.78, 5) is 0. The van der Waals surface area contributed by atoms with Crippen LogP contribution in [0.25, 0.3) is 6.08 Å². The normalized spacial score (nSPS) is 12.4. The lowest BCUT2D eigenvalue weighted by molar-refractivity contribution is 0.565. The Kier molecular flexibility index (Phi) is 6.04. The van der Waals surface area contributed by atoms with Gasteiger partial charge < -0.3 is 5.32 Å². The van der Waals surface area contributed by atoms with Crippen molar-refractivity contribution in [2.24, 2.45) is 0 Å². The monoisotopic (exact) mass is 268 g/mol. The molecule has 0 fully saturated rings. The van der Waals surface area contributed by atoms with Crippen molar-refractivity contribution in [3.05, 3.63) is 41.3 Å². The van der Waals surface area contributed by atoms with Crippen LogP contribution in [0.3, 0.4) is 0 Å². The van der Waals surface area contributed by atoms with Crippen LogP contribution < -0.4 is 10.0 Å². The lowest BCUT2D eigenvalue weighted by Crippen LogP contribution is -2.33. The predicted molar refractivity (Wildman–Crippen MR) is 75.5 cm³/mol. The fourth-order valence-corrected chi connectivity index (χ4v) is 2.15. The second-order valence-electron chi connectivity index (χ2n) is 4.26. The van der Waals surface area contributed by atoms with Crippen LogP contribution >= 0.6 is 0 Å². The Morgan fingerprint density at radius 1 is 1.17 bits per heavy atom. The van der Waals surface area contributed by atoms with E-state index < -0.39 is 10.0 Å². The van der Waals surface area contributed by atoms with Crippen molar-refractivity contribution >= 4 is 16.1 Å². The zero-order valence-corrected chi connectivity index (χ0v) is 11.6. The van der Waals surface area contributed by atoms with E-state index in [0.29, 0.717) is 19.1 Å². The number of rotatable bonds is 7. The van der Waals surface area contributed by atoms with Gasteiger partial charge in [-0.1, -0.05) is 44.2 Å². The van der Waals surface area contributed by atoms with Crippen LogP contribution in [0.15, 0.2) is 35.7 Å². The Labute approximate surface area is 109 Å². The van der Waals surface area contributed by atoms with E-state index in [1.807, 2.05) is 44.2 Å². The van der Waals surface area contributed by atoms with Crippen molar-refractivity contribution < 1.29 is 8.42 Å². The van der Waals surface area contributed by atoms with E-state index in [2.05, 4.69) is 10.0 Å². The minimum atomic E-state index is -3.35. The number of hydrogen-bond donors (Lipinski definition) is 2. The Balaban J connectivity index is 2.43. The van der Waals surface area contributed by atoms with Gasteiger partial charge in [0.1, 0.15) is 0 Å². The molecule has 1 rings (SSSR count). The van der Waals surface area contributed by atoms with E-state index in [1.165, 1.54) is 5.41 Å². The summed E-state index contributed by atoms with van der Waals surface area (Å²) >= 11 is 0. The van der Waals surface area contributed by atoms with Gasteiger partial charge in [0.2, 0.25) is 10.0 Å². The molecule has 0 heterocycles. The van der Waals surface area contributed by atoms with Crippen molar-refractivity contribution in [3.8, 4) is 0 Å². The molecule has 5 heteroatoms. The van der Waals surface area contributed by atoms with Gasteiger partial charge in [0.15, 0.2) is 0 Å². The van der Waals surface area contributed by atoms with Crippen molar-refractivity contribution in [2.45, 2.75) is 19.9 Å². The molecule has 0 spiro atoms. The minimum Gasteiger partial charge on any atom is -0.313 e. The van der Waals surface area contributed by atoms with E-state index in [9.17, 15) is 8.42 Å². The highest BCUT2D eigenvalue weighted by Crippen LogP contribution is 2.02. The third kappa shape index (κ3) is 6.54. The lowest BCUT2D eigenvalue weighted by Gasteiger charge is -2.07. The first-order valence-electron chi connectivity index (χ1n) is 5.96. The number of nitrogens with one attached hydrogen (secondary N) is 2. The summed E-state index contributed by atoms with van der Waals surface area (Å²) in [5.74, 6) is 0. The molecule has 0 unspecified atom stereocenters. The summed E-state index contributed by atoms with van der Waals surface area (Å²) in [6.45, 7) is 5.04. The molecular formula is C13H20N2O2S. The fourth-order valence-electron chi connectivity index (χ4n) is 1.33. The van der Waals surface area contributed by atoms with Gasteiger partial charge in [-0.05, 0) is 11.6 Å². The van der Waals surface area contributed by atoms with Crippen LogP contribution in [0.2, 0.25) is 0 Å². The summed E-state index contributed by atoms with van der Waals surface area (Å²) in [6, 6.07) is 9.69. The minimum absolute atomic E-state index is 0.356. The molecule has 0 amide bonds. The SMILES string of the molecule is CC(C)NCCNS(=O)(=O)C=Cc1ccccc1. The summed E-state index contributed by atoms with van der Waals surface area (Å²) in [5, 5.41) is 4.33. The molecule has 100 valence electrons. The molecule has 0 saturated carbocycles. The smallest absolute Gasteiger partial charge is 0.233 e. The topological polar surface area (TPSA) is 58.2 Å². The summed E-state index contributed by atoms with van der Waals surface area (Å²) < 4.78 is 25.8. The highest BCUT2D eigenvalue weighted by atomic mass is 32.2. The Hall–Kier alpha value is -1.17. The highest BCUT2D eigenvalue weighted by Gasteiger charge is 2.03. The van der Waals surface area contributed by atoms with E-state index >= 15 is 0 Å². The van der Waals surface area contributed by atoms with Crippen molar-refractivity contribution in [3.63, 3.8) is 0 Å². The summed E-state index contributed by atoms with van der Waals surface area (Å²) in [7, 11) is -3.35. The van der Waals surface area contributed by atoms with Gasteiger partial charge >= 0.3 is 0 Å². The molecule has 0 aliphatic heterocycles. The Morgan fingerprint density at radius 2 is 1.83 bits per heavy atom. The van der Waals surface area contributed by atoms with Crippen LogP contribution in [-0.4, -0.2) is 27.5 Å². The Bertz CT molecular complexity index is 467. The molecule has 0 radical (unpaired) electrons. The van der Waals surface area contributed by atoms with Gasteiger partial charge in [-0.2, -0.15) is 0 Å². The first-order valence-corrected chi connectivity index (χ1v) is 7.50. The van der Waals surface area contributed by atoms with E-state index in [4.69, 9.17) is 0 Å². The van der Waals surface area contributed by atoms with E-state index in [1.54, 1.807) is 6.08 Å². The summed E-state index contributed by atoms with van der Waals surface area (Å²) in [5.41, 5.74) is 0.864. The maximum Gasteiger partial charge on any atom is 0.233 e. The van der Waals surface area contributed by atoms with Gasteiger partial charge in [0.05, 0.1) is 0 Å². The van der Waals surface area contributed by atoms with Crippen molar-refractivity contribution in [2.75, 3.05) is 13.1 Å². The highest BCUT2D eigenvalue weighted by molar-refractivity contribution is 7.92. The maximum atomic E-state index is 11.6. The van der Waals surface area contributed by atoms with Crippen molar-refractivity contribution in [1.82, 2.24) is 10.0 Å². The van der Waals surface area contributed by atoms with Crippen LogP contribution in [0.4, 0.5) is 0 Å². The number of sulfonamides is 1. The van der Waals surface area contributed by atoms with Gasteiger partial charge in [-0.3, -0.25) is 0 Å². The third-order valence-corrected chi connectivity index (χ3v) is 3.32. The van der Waals surface area contributed by atoms with E-state index in [0.717, 1.165) is 5.56 Å². The molecule has 0 atom stereocenters. The molecule has 0 saturated heterocycles. The molecule has 1 aromatic carbocycles. The van der Waals surface area contributed by atoms with Crippen LogP contribution in [0, 0.1) is 0 Å². The van der Waals surface area contributed by atoms with E-state index in [-0.39, 0.29) is 0 Å². The molecule has 0 aliphatic rings. The van der Waals surface area contributed by atoms with Crippen LogP contribution in [-0.2, 0) is 10.0 Å². The van der Waals surface area contributed by atoms with Gasteiger partial charge in [-0.25, -0.2) is 13.1 Å². The lowest BCUT2D eigenvalue weighted by atomic mass is 10.2. The van der Waals surface area contributed by atoms with Crippen molar-refractivity contribution in [1.29, 1.82) is 0 Å². The van der Waals surface area contributed by atoms with Crippen LogP contribution in [0.5, 0.6) is 0 Å². The molecular weight excluding hydrogens is 248 g/mol. The maximum absolute atomic E-state index is 11.6. The molecule has 18 heavy (non-hydrogen) atoms. The molecule has 0 bridgehead atoms. The molecule has 4 nitrogen and oxygen atoms in total. The second-order valence-corrected chi connectivity index (χ2v) is 5.91. The standard InChI is InChI=1S/C13H20N2O2S/c1-12(2)14-9-10-15-18(16,17)11-8-13-6-4-3-5-7-13/h3-8,11-12,14-15H,9-10H2,1-2H3. The Morgan fingerprint density at radius 3 is 2.44 bits per heavy atom.